The molecule has 108 valence electrons. The van der Waals surface area contributed by atoms with E-state index in [-0.39, 0.29) is 12.3 Å². The fraction of sp³-hybridized carbons (Fsp3) is 0.222. The van der Waals surface area contributed by atoms with E-state index in [0.29, 0.717) is 6.61 Å². The number of benzene rings is 2. The van der Waals surface area contributed by atoms with Gasteiger partial charge in [-0.25, -0.2) is 0 Å². The average Bonchev–Trinajstić information content (AvgIpc) is 2.93. The molecule has 0 saturated carbocycles. The van der Waals surface area contributed by atoms with Crippen LogP contribution in [0.15, 0.2) is 71.7 Å². The highest BCUT2D eigenvalue weighted by atomic mass is 79.9. The minimum absolute atomic E-state index is 0.0382. The van der Waals surface area contributed by atoms with Crippen molar-refractivity contribution in [2.45, 2.75) is 12.3 Å². The molecule has 1 aliphatic rings. The largest absolute Gasteiger partial charge is 0.357 e. The van der Waals surface area contributed by atoms with Gasteiger partial charge in [-0.2, -0.15) is 0 Å². The van der Waals surface area contributed by atoms with E-state index >= 15 is 0 Å². The van der Waals surface area contributed by atoms with E-state index in [9.17, 15) is 0 Å². The molecule has 0 aromatic heterocycles. The second-order valence-electron chi connectivity index (χ2n) is 5.12. The number of ether oxygens (including phenoxy) is 1. The minimum Gasteiger partial charge on any atom is -0.357 e. The quantitative estimate of drug-likeness (QED) is 0.745. The Morgan fingerprint density at radius 3 is 2.57 bits per heavy atom. The van der Waals surface area contributed by atoms with E-state index < -0.39 is 0 Å². The van der Waals surface area contributed by atoms with Crippen LogP contribution in [0.1, 0.15) is 23.4 Å². The van der Waals surface area contributed by atoms with Gasteiger partial charge in [0.1, 0.15) is 6.23 Å². The molecule has 0 N–H and O–H groups in total. The zero-order chi connectivity index (χ0) is 14.7. The van der Waals surface area contributed by atoms with Crippen molar-refractivity contribution in [2.75, 3.05) is 13.2 Å². The lowest BCUT2D eigenvalue weighted by atomic mass is 10.1. The number of halogens is 1. The number of nitrogens with zero attached hydrogens (tertiary/aromatic N) is 1. The first-order valence-electron chi connectivity index (χ1n) is 7.09. The molecule has 21 heavy (non-hydrogen) atoms. The Hall–Kier alpha value is -1.42. The number of hydrogen-bond donors (Lipinski definition) is 0. The Morgan fingerprint density at radius 2 is 1.86 bits per heavy atom. The fourth-order valence-corrected chi connectivity index (χ4v) is 3.30. The van der Waals surface area contributed by atoms with E-state index in [1.165, 1.54) is 5.56 Å². The lowest BCUT2D eigenvalue weighted by molar-refractivity contribution is 0.0349. The molecule has 3 heteroatoms. The minimum atomic E-state index is -0.0382. The smallest absolute Gasteiger partial charge is 0.138 e. The molecule has 1 unspecified atom stereocenters. The van der Waals surface area contributed by atoms with Crippen LogP contribution in [-0.2, 0) is 4.74 Å². The van der Waals surface area contributed by atoms with Crippen LogP contribution in [0.2, 0.25) is 0 Å². The predicted molar refractivity (Wildman–Crippen MR) is 88.9 cm³/mol. The van der Waals surface area contributed by atoms with Gasteiger partial charge in [0.15, 0.2) is 0 Å². The van der Waals surface area contributed by atoms with Crippen LogP contribution in [0, 0.1) is 0 Å². The van der Waals surface area contributed by atoms with E-state index in [1.807, 2.05) is 24.3 Å². The topological polar surface area (TPSA) is 12.5 Å². The molecule has 0 aliphatic carbocycles. The molecule has 0 spiro atoms. The Kier molecular flexibility index (Phi) is 4.54. The summed E-state index contributed by atoms with van der Waals surface area (Å²) < 4.78 is 7.18. The maximum atomic E-state index is 6.10. The molecule has 0 radical (unpaired) electrons. The van der Waals surface area contributed by atoms with Gasteiger partial charge < -0.3 is 4.74 Å². The van der Waals surface area contributed by atoms with Crippen molar-refractivity contribution in [3.8, 4) is 0 Å². The van der Waals surface area contributed by atoms with E-state index in [0.717, 1.165) is 16.6 Å². The highest BCUT2D eigenvalue weighted by Crippen LogP contribution is 2.40. The molecule has 0 amide bonds. The molecule has 2 aromatic rings. The summed E-state index contributed by atoms with van der Waals surface area (Å²) in [6.07, 6.45) is 1.90. The van der Waals surface area contributed by atoms with Gasteiger partial charge in [-0.1, -0.05) is 70.5 Å². The zero-order valence-corrected chi connectivity index (χ0v) is 13.4. The summed E-state index contributed by atoms with van der Waals surface area (Å²) >= 11 is 3.63. The van der Waals surface area contributed by atoms with Crippen molar-refractivity contribution in [1.29, 1.82) is 0 Å². The molecule has 0 bridgehead atoms. The van der Waals surface area contributed by atoms with E-state index in [4.69, 9.17) is 4.74 Å². The van der Waals surface area contributed by atoms with Crippen LogP contribution >= 0.6 is 15.9 Å². The first-order chi connectivity index (χ1) is 10.3. The number of rotatable bonds is 4. The summed E-state index contributed by atoms with van der Waals surface area (Å²) in [5.74, 6) is 0. The molecule has 1 aliphatic heterocycles. The Morgan fingerprint density at radius 1 is 1.14 bits per heavy atom. The van der Waals surface area contributed by atoms with Gasteiger partial charge in [-0.05, 0) is 11.6 Å². The Bertz CT molecular complexity index is 614. The maximum absolute atomic E-state index is 6.10. The Balaban J connectivity index is 1.93. The summed E-state index contributed by atoms with van der Waals surface area (Å²) in [6.45, 7) is 5.39. The van der Waals surface area contributed by atoms with Crippen molar-refractivity contribution in [3.63, 3.8) is 0 Å². The third-order valence-electron chi connectivity index (χ3n) is 3.81. The normalized spacial score (nSPS) is 22.3. The van der Waals surface area contributed by atoms with Crippen LogP contribution < -0.4 is 0 Å². The third-order valence-corrected chi connectivity index (χ3v) is 4.53. The van der Waals surface area contributed by atoms with Crippen molar-refractivity contribution >= 4 is 15.9 Å². The second kappa shape index (κ2) is 6.56. The van der Waals surface area contributed by atoms with Gasteiger partial charge in [-0.15, -0.1) is 6.58 Å². The van der Waals surface area contributed by atoms with Gasteiger partial charge in [-0.3, -0.25) is 4.90 Å². The van der Waals surface area contributed by atoms with Crippen LogP contribution in [0.3, 0.4) is 0 Å². The SMILES string of the molecule is C=CCN1C(c2ccccc2Br)OC[C@H]1c1ccccc1. The van der Waals surface area contributed by atoms with Crippen molar-refractivity contribution in [1.82, 2.24) is 4.90 Å². The average molecular weight is 344 g/mol. The van der Waals surface area contributed by atoms with Crippen molar-refractivity contribution in [2.24, 2.45) is 0 Å². The van der Waals surface area contributed by atoms with Crippen molar-refractivity contribution < 1.29 is 4.74 Å². The lowest BCUT2D eigenvalue weighted by Crippen LogP contribution is -2.27. The lowest BCUT2D eigenvalue weighted by Gasteiger charge is -2.27. The summed E-state index contributed by atoms with van der Waals surface area (Å²) in [4.78, 5) is 2.35. The monoisotopic (exact) mass is 343 g/mol. The van der Waals surface area contributed by atoms with Crippen LogP contribution in [-0.4, -0.2) is 18.1 Å². The highest BCUT2D eigenvalue weighted by molar-refractivity contribution is 9.10. The standard InChI is InChI=1S/C18H18BrNO/c1-2-12-20-17(14-8-4-3-5-9-14)13-21-18(20)15-10-6-7-11-16(15)19/h2-11,17-18H,1,12-13H2/t17-,18?/m0/s1. The first kappa shape index (κ1) is 14.5. The molecule has 2 atom stereocenters. The van der Waals surface area contributed by atoms with Gasteiger partial charge in [0.25, 0.3) is 0 Å². The highest BCUT2D eigenvalue weighted by Gasteiger charge is 2.36. The zero-order valence-electron chi connectivity index (χ0n) is 11.8. The van der Waals surface area contributed by atoms with E-state index in [1.54, 1.807) is 0 Å². The van der Waals surface area contributed by atoms with Gasteiger partial charge in [0, 0.05) is 16.6 Å². The first-order valence-corrected chi connectivity index (χ1v) is 7.88. The van der Waals surface area contributed by atoms with Crippen LogP contribution in [0.5, 0.6) is 0 Å². The molecular formula is C18H18BrNO. The van der Waals surface area contributed by atoms with Gasteiger partial charge in [0.2, 0.25) is 0 Å². The molecular weight excluding hydrogens is 326 g/mol. The molecule has 1 fully saturated rings. The molecule has 3 rings (SSSR count). The number of hydrogen-bond acceptors (Lipinski definition) is 2. The van der Waals surface area contributed by atoms with Crippen molar-refractivity contribution in [3.05, 3.63) is 82.9 Å². The van der Waals surface area contributed by atoms with Crippen LogP contribution in [0.4, 0.5) is 0 Å². The molecule has 1 saturated heterocycles. The predicted octanol–water partition coefficient (Wildman–Crippen LogP) is 4.71. The third kappa shape index (κ3) is 2.95. The molecule has 2 nitrogen and oxygen atoms in total. The van der Waals surface area contributed by atoms with Gasteiger partial charge in [0.05, 0.1) is 12.6 Å². The Labute approximate surface area is 134 Å². The summed E-state index contributed by atoms with van der Waals surface area (Å²) in [5.41, 5.74) is 2.45. The summed E-state index contributed by atoms with van der Waals surface area (Å²) in [7, 11) is 0. The summed E-state index contributed by atoms with van der Waals surface area (Å²) in [5, 5.41) is 0. The fourth-order valence-electron chi connectivity index (χ4n) is 2.82. The van der Waals surface area contributed by atoms with Crippen LogP contribution in [0.25, 0.3) is 0 Å². The summed E-state index contributed by atoms with van der Waals surface area (Å²) in [6, 6.07) is 19.0. The molecule has 2 aromatic carbocycles. The molecule has 1 heterocycles. The van der Waals surface area contributed by atoms with Gasteiger partial charge >= 0.3 is 0 Å². The second-order valence-corrected chi connectivity index (χ2v) is 5.97. The van der Waals surface area contributed by atoms with E-state index in [2.05, 4.69) is 63.8 Å². The maximum Gasteiger partial charge on any atom is 0.138 e.